The van der Waals surface area contributed by atoms with Crippen LogP contribution in [0.15, 0.2) is 42.5 Å². The van der Waals surface area contributed by atoms with Gasteiger partial charge in [0.2, 0.25) is 0 Å². The molecule has 1 aromatic heterocycles. The highest BCUT2D eigenvalue weighted by Crippen LogP contribution is 2.37. The second-order valence-corrected chi connectivity index (χ2v) is 7.59. The zero-order chi connectivity index (χ0) is 16.7. The molecule has 1 aliphatic heterocycles. The monoisotopic (exact) mass is 356 g/mol. The minimum absolute atomic E-state index is 0.195. The van der Waals surface area contributed by atoms with E-state index in [9.17, 15) is 0 Å². The second kappa shape index (κ2) is 6.11. The Kier molecular flexibility index (Phi) is 3.94. The van der Waals surface area contributed by atoms with Gasteiger partial charge in [0.25, 0.3) is 0 Å². The Hall–Kier alpha value is -2.04. The summed E-state index contributed by atoms with van der Waals surface area (Å²) in [6.45, 7) is 4.99. The molecule has 0 bridgehead atoms. The SMILES string of the molecule is Cc1sc(-c2ccc(Cl)cc2)nc1-c1ccc2c(c1)NCC(C)O2. The number of nitrogens with zero attached hydrogens (tertiary/aromatic N) is 1. The summed E-state index contributed by atoms with van der Waals surface area (Å²) >= 11 is 7.67. The van der Waals surface area contributed by atoms with E-state index in [0.29, 0.717) is 0 Å². The Morgan fingerprint density at radius 3 is 2.71 bits per heavy atom. The molecule has 2 aromatic carbocycles. The Labute approximate surface area is 150 Å². The van der Waals surface area contributed by atoms with E-state index in [1.807, 2.05) is 30.3 Å². The summed E-state index contributed by atoms with van der Waals surface area (Å²) in [4.78, 5) is 6.05. The fourth-order valence-corrected chi connectivity index (χ4v) is 3.88. The van der Waals surface area contributed by atoms with Crippen molar-refractivity contribution in [2.75, 3.05) is 11.9 Å². The van der Waals surface area contributed by atoms with E-state index in [1.165, 1.54) is 4.88 Å². The molecule has 3 aromatic rings. The maximum absolute atomic E-state index is 5.97. The number of fused-ring (bicyclic) bond motifs is 1. The van der Waals surface area contributed by atoms with Gasteiger partial charge in [0.15, 0.2) is 0 Å². The molecule has 0 saturated heterocycles. The van der Waals surface area contributed by atoms with E-state index in [2.05, 4.69) is 31.3 Å². The van der Waals surface area contributed by atoms with Gasteiger partial charge in [-0.1, -0.05) is 23.7 Å². The largest absolute Gasteiger partial charge is 0.487 e. The lowest BCUT2D eigenvalue weighted by molar-refractivity contribution is 0.226. The van der Waals surface area contributed by atoms with Crippen LogP contribution in [0.3, 0.4) is 0 Å². The third-order valence-electron chi connectivity index (χ3n) is 4.05. The van der Waals surface area contributed by atoms with Crippen molar-refractivity contribution in [1.29, 1.82) is 0 Å². The Balaban J connectivity index is 1.71. The fourth-order valence-electron chi connectivity index (χ4n) is 2.81. The zero-order valence-electron chi connectivity index (χ0n) is 13.5. The number of aryl methyl sites for hydroxylation is 1. The number of halogens is 1. The smallest absolute Gasteiger partial charge is 0.142 e. The van der Waals surface area contributed by atoms with E-state index in [4.69, 9.17) is 21.3 Å². The predicted octanol–water partition coefficient (Wildman–Crippen LogP) is 5.63. The molecular weight excluding hydrogens is 340 g/mol. The summed E-state index contributed by atoms with van der Waals surface area (Å²) in [5.41, 5.74) is 4.25. The van der Waals surface area contributed by atoms with Crippen molar-refractivity contribution in [2.24, 2.45) is 0 Å². The number of aromatic nitrogens is 1. The van der Waals surface area contributed by atoms with Crippen molar-refractivity contribution in [3.8, 4) is 27.6 Å². The van der Waals surface area contributed by atoms with Crippen LogP contribution in [0.25, 0.3) is 21.8 Å². The highest BCUT2D eigenvalue weighted by atomic mass is 35.5. The molecule has 1 atom stereocenters. The molecule has 1 N–H and O–H groups in total. The van der Waals surface area contributed by atoms with Crippen molar-refractivity contribution in [1.82, 2.24) is 4.98 Å². The maximum atomic E-state index is 5.97. The third-order valence-corrected chi connectivity index (χ3v) is 5.32. The van der Waals surface area contributed by atoms with Crippen molar-refractivity contribution in [3.63, 3.8) is 0 Å². The lowest BCUT2D eigenvalue weighted by Gasteiger charge is -2.25. The molecule has 122 valence electrons. The van der Waals surface area contributed by atoms with Gasteiger partial charge in [-0.3, -0.25) is 0 Å². The molecule has 3 nitrogen and oxygen atoms in total. The Morgan fingerprint density at radius 1 is 1.17 bits per heavy atom. The van der Waals surface area contributed by atoms with Crippen LogP contribution in [0.4, 0.5) is 5.69 Å². The van der Waals surface area contributed by atoms with Crippen molar-refractivity contribution >= 4 is 28.6 Å². The first-order valence-electron chi connectivity index (χ1n) is 7.88. The molecule has 5 heteroatoms. The summed E-state index contributed by atoms with van der Waals surface area (Å²) in [6, 6.07) is 14.0. The Morgan fingerprint density at radius 2 is 1.92 bits per heavy atom. The molecule has 4 rings (SSSR count). The fraction of sp³-hybridized carbons (Fsp3) is 0.211. The van der Waals surface area contributed by atoms with Gasteiger partial charge in [-0.25, -0.2) is 4.98 Å². The van der Waals surface area contributed by atoms with E-state index >= 15 is 0 Å². The van der Waals surface area contributed by atoms with Gasteiger partial charge >= 0.3 is 0 Å². The lowest BCUT2D eigenvalue weighted by atomic mass is 10.1. The molecule has 0 spiro atoms. The van der Waals surface area contributed by atoms with Gasteiger partial charge in [0, 0.05) is 21.0 Å². The minimum atomic E-state index is 0.195. The van der Waals surface area contributed by atoms with Gasteiger partial charge in [-0.05, 0) is 44.2 Å². The van der Waals surface area contributed by atoms with Crippen LogP contribution in [0.5, 0.6) is 5.75 Å². The Bertz CT molecular complexity index is 889. The topological polar surface area (TPSA) is 34.2 Å². The summed E-state index contributed by atoms with van der Waals surface area (Å²) in [6.07, 6.45) is 0.195. The van der Waals surface area contributed by atoms with Crippen molar-refractivity contribution < 1.29 is 4.74 Å². The normalized spacial score (nSPS) is 16.2. The van der Waals surface area contributed by atoms with Gasteiger partial charge < -0.3 is 10.1 Å². The van der Waals surface area contributed by atoms with Gasteiger partial charge in [0.1, 0.15) is 16.9 Å². The number of rotatable bonds is 2. The van der Waals surface area contributed by atoms with Crippen molar-refractivity contribution in [2.45, 2.75) is 20.0 Å². The number of hydrogen-bond acceptors (Lipinski definition) is 4. The maximum Gasteiger partial charge on any atom is 0.142 e. The summed E-state index contributed by atoms with van der Waals surface area (Å²) in [5, 5.41) is 5.17. The highest BCUT2D eigenvalue weighted by molar-refractivity contribution is 7.15. The number of anilines is 1. The minimum Gasteiger partial charge on any atom is -0.487 e. The quantitative estimate of drug-likeness (QED) is 0.646. The number of benzene rings is 2. The molecule has 0 aliphatic carbocycles. The molecule has 2 heterocycles. The van der Waals surface area contributed by atoms with Crippen LogP contribution in [-0.4, -0.2) is 17.6 Å². The second-order valence-electron chi connectivity index (χ2n) is 5.95. The van der Waals surface area contributed by atoms with Crippen LogP contribution in [0.2, 0.25) is 5.02 Å². The molecule has 1 aliphatic rings. The first-order chi connectivity index (χ1) is 11.6. The standard InChI is InChI=1S/C19H17ClN2OS/c1-11-10-21-16-9-14(5-8-17(16)23-11)18-12(2)24-19(22-18)13-3-6-15(20)7-4-13/h3-9,11,21H,10H2,1-2H3. The summed E-state index contributed by atoms with van der Waals surface area (Å²) in [5.74, 6) is 0.906. The molecule has 0 radical (unpaired) electrons. The molecule has 0 saturated carbocycles. The number of hydrogen-bond donors (Lipinski definition) is 1. The molecule has 0 amide bonds. The third kappa shape index (κ3) is 2.87. The van der Waals surface area contributed by atoms with Gasteiger partial charge in [-0.2, -0.15) is 0 Å². The molecule has 1 unspecified atom stereocenters. The zero-order valence-corrected chi connectivity index (χ0v) is 15.0. The average molecular weight is 357 g/mol. The number of nitrogens with one attached hydrogen (secondary N) is 1. The van der Waals surface area contributed by atoms with Crippen LogP contribution >= 0.6 is 22.9 Å². The van der Waals surface area contributed by atoms with Crippen LogP contribution in [0.1, 0.15) is 11.8 Å². The van der Waals surface area contributed by atoms with Crippen LogP contribution in [0, 0.1) is 6.92 Å². The summed E-state index contributed by atoms with van der Waals surface area (Å²) in [7, 11) is 0. The van der Waals surface area contributed by atoms with Crippen LogP contribution in [-0.2, 0) is 0 Å². The summed E-state index contributed by atoms with van der Waals surface area (Å²) < 4.78 is 5.85. The molecule has 24 heavy (non-hydrogen) atoms. The van der Waals surface area contributed by atoms with E-state index < -0.39 is 0 Å². The first kappa shape index (κ1) is 15.5. The van der Waals surface area contributed by atoms with Crippen molar-refractivity contribution in [3.05, 3.63) is 52.4 Å². The van der Waals surface area contributed by atoms with E-state index in [-0.39, 0.29) is 6.10 Å². The number of thiazole rings is 1. The number of ether oxygens (including phenoxy) is 1. The van der Waals surface area contributed by atoms with E-state index in [0.717, 1.165) is 44.8 Å². The first-order valence-corrected chi connectivity index (χ1v) is 9.08. The highest BCUT2D eigenvalue weighted by Gasteiger charge is 2.18. The average Bonchev–Trinajstić information content (AvgIpc) is 2.97. The van der Waals surface area contributed by atoms with Gasteiger partial charge in [-0.15, -0.1) is 11.3 Å². The molecule has 0 fully saturated rings. The molecular formula is C19H17ClN2OS. The van der Waals surface area contributed by atoms with Gasteiger partial charge in [0.05, 0.1) is 17.9 Å². The van der Waals surface area contributed by atoms with E-state index in [1.54, 1.807) is 11.3 Å². The van der Waals surface area contributed by atoms with Crippen LogP contribution < -0.4 is 10.1 Å². The lowest BCUT2D eigenvalue weighted by Crippen LogP contribution is -2.27. The predicted molar refractivity (Wildman–Crippen MR) is 101 cm³/mol.